The standard InChI is InChI=1S/C27H22FN7/c1-35(2)15-16-10-19(14-29-13-16)17-6-7-22-21(12-17)25(34-33-22)27-31-23-8-9-30-24(26(23)32-27)18-4-3-5-20(28)11-18/h3-14H,15H2,1-2H3,(H,31,32)(H,33,34). The molecule has 8 heteroatoms. The van der Waals surface area contributed by atoms with Crippen LogP contribution in [0, 0.1) is 5.82 Å². The molecule has 7 nitrogen and oxygen atoms in total. The van der Waals surface area contributed by atoms with Crippen LogP contribution in [-0.4, -0.2) is 49.1 Å². The van der Waals surface area contributed by atoms with Crippen LogP contribution in [0.1, 0.15) is 5.56 Å². The van der Waals surface area contributed by atoms with E-state index in [0.717, 1.165) is 39.7 Å². The molecule has 172 valence electrons. The van der Waals surface area contributed by atoms with Gasteiger partial charge in [-0.2, -0.15) is 5.10 Å². The predicted molar refractivity (Wildman–Crippen MR) is 135 cm³/mol. The number of benzene rings is 2. The van der Waals surface area contributed by atoms with Crippen LogP contribution in [0.3, 0.4) is 0 Å². The van der Waals surface area contributed by atoms with Crippen LogP contribution in [0.15, 0.2) is 73.2 Å². The van der Waals surface area contributed by atoms with Crippen molar-refractivity contribution in [3.8, 4) is 33.9 Å². The summed E-state index contributed by atoms with van der Waals surface area (Å²) in [6.07, 6.45) is 5.46. The topological polar surface area (TPSA) is 86.4 Å². The molecule has 0 saturated heterocycles. The minimum absolute atomic E-state index is 0.313. The Morgan fingerprint density at radius 2 is 1.80 bits per heavy atom. The second kappa shape index (κ2) is 8.41. The molecule has 0 saturated carbocycles. The van der Waals surface area contributed by atoms with Gasteiger partial charge in [0.05, 0.1) is 16.7 Å². The lowest BCUT2D eigenvalue weighted by atomic mass is 10.0. The van der Waals surface area contributed by atoms with Gasteiger partial charge in [-0.1, -0.05) is 18.2 Å². The van der Waals surface area contributed by atoms with Crippen molar-refractivity contribution >= 4 is 21.9 Å². The zero-order valence-corrected chi connectivity index (χ0v) is 19.2. The number of aromatic nitrogens is 6. The minimum Gasteiger partial charge on any atom is -0.336 e. The molecule has 0 amide bonds. The molecule has 0 aliphatic carbocycles. The van der Waals surface area contributed by atoms with Gasteiger partial charge in [0.1, 0.15) is 17.0 Å². The van der Waals surface area contributed by atoms with Crippen LogP contribution in [0.5, 0.6) is 0 Å². The van der Waals surface area contributed by atoms with Crippen molar-refractivity contribution in [2.75, 3.05) is 14.1 Å². The fourth-order valence-corrected chi connectivity index (χ4v) is 4.37. The van der Waals surface area contributed by atoms with E-state index in [4.69, 9.17) is 4.98 Å². The van der Waals surface area contributed by atoms with E-state index in [1.54, 1.807) is 12.3 Å². The van der Waals surface area contributed by atoms with Gasteiger partial charge < -0.3 is 9.88 Å². The monoisotopic (exact) mass is 463 g/mol. The summed E-state index contributed by atoms with van der Waals surface area (Å²) in [6.45, 7) is 0.820. The number of halogens is 1. The van der Waals surface area contributed by atoms with E-state index < -0.39 is 0 Å². The Morgan fingerprint density at radius 1 is 0.886 bits per heavy atom. The van der Waals surface area contributed by atoms with Crippen molar-refractivity contribution in [1.29, 1.82) is 0 Å². The van der Waals surface area contributed by atoms with E-state index >= 15 is 0 Å². The van der Waals surface area contributed by atoms with Gasteiger partial charge in [0.25, 0.3) is 0 Å². The van der Waals surface area contributed by atoms with Gasteiger partial charge in [0, 0.05) is 41.6 Å². The van der Waals surface area contributed by atoms with E-state index in [9.17, 15) is 4.39 Å². The second-order valence-corrected chi connectivity index (χ2v) is 8.80. The third kappa shape index (κ3) is 3.94. The Morgan fingerprint density at radius 3 is 2.66 bits per heavy atom. The Labute approximate surface area is 200 Å². The maximum atomic E-state index is 13.8. The van der Waals surface area contributed by atoms with Gasteiger partial charge in [0.15, 0.2) is 5.82 Å². The molecule has 2 N–H and O–H groups in total. The Kier molecular flexibility index (Phi) is 5.08. The zero-order valence-electron chi connectivity index (χ0n) is 19.2. The predicted octanol–water partition coefficient (Wildman–Crippen LogP) is 5.43. The summed E-state index contributed by atoms with van der Waals surface area (Å²) in [7, 11) is 4.08. The largest absolute Gasteiger partial charge is 0.336 e. The fraction of sp³-hybridized carbons (Fsp3) is 0.111. The molecular formula is C27H22FN7. The number of hydrogen-bond donors (Lipinski definition) is 2. The summed E-state index contributed by atoms with van der Waals surface area (Å²) in [4.78, 5) is 19.2. The SMILES string of the molecule is CN(C)Cc1cncc(-c2ccc3[nH]nc(-c4nc5c(-c6cccc(F)c6)nccc5[nH]4)c3c2)c1. The number of hydrogen-bond acceptors (Lipinski definition) is 5. The molecule has 4 heterocycles. The van der Waals surface area contributed by atoms with Crippen molar-refractivity contribution < 1.29 is 4.39 Å². The van der Waals surface area contributed by atoms with Gasteiger partial charge in [-0.05, 0) is 61.6 Å². The highest BCUT2D eigenvalue weighted by Gasteiger charge is 2.17. The molecule has 4 aromatic heterocycles. The normalized spacial score (nSPS) is 11.7. The molecule has 6 rings (SSSR count). The summed E-state index contributed by atoms with van der Waals surface area (Å²) >= 11 is 0. The summed E-state index contributed by atoms with van der Waals surface area (Å²) in [5.41, 5.74) is 7.62. The zero-order chi connectivity index (χ0) is 23.9. The lowest BCUT2D eigenvalue weighted by Crippen LogP contribution is -2.10. The summed E-state index contributed by atoms with van der Waals surface area (Å²) in [5, 5.41) is 8.60. The smallest absolute Gasteiger partial charge is 0.159 e. The minimum atomic E-state index is -0.313. The first-order valence-corrected chi connectivity index (χ1v) is 11.2. The van der Waals surface area contributed by atoms with Gasteiger partial charge in [-0.3, -0.25) is 15.1 Å². The van der Waals surface area contributed by atoms with Crippen molar-refractivity contribution in [2.45, 2.75) is 6.54 Å². The van der Waals surface area contributed by atoms with E-state index in [0.29, 0.717) is 28.3 Å². The molecule has 0 radical (unpaired) electrons. The van der Waals surface area contributed by atoms with Crippen molar-refractivity contribution in [2.24, 2.45) is 0 Å². The molecule has 0 unspecified atom stereocenters. The molecule has 35 heavy (non-hydrogen) atoms. The Balaban J connectivity index is 1.45. The molecule has 0 fully saturated rings. The third-order valence-electron chi connectivity index (χ3n) is 5.91. The van der Waals surface area contributed by atoms with Crippen molar-refractivity contribution in [3.05, 3.63) is 84.6 Å². The van der Waals surface area contributed by atoms with Crippen LogP contribution >= 0.6 is 0 Å². The molecule has 6 aromatic rings. The van der Waals surface area contributed by atoms with Crippen LogP contribution < -0.4 is 0 Å². The molecule has 0 aliphatic rings. The maximum Gasteiger partial charge on any atom is 0.159 e. The quantitative estimate of drug-likeness (QED) is 0.356. The number of pyridine rings is 2. The fourth-order valence-electron chi connectivity index (χ4n) is 4.37. The lowest BCUT2D eigenvalue weighted by molar-refractivity contribution is 0.402. The van der Waals surface area contributed by atoms with Crippen molar-refractivity contribution in [3.63, 3.8) is 0 Å². The summed E-state index contributed by atoms with van der Waals surface area (Å²) in [5.74, 6) is 0.306. The van der Waals surface area contributed by atoms with Crippen LogP contribution in [0.2, 0.25) is 0 Å². The number of fused-ring (bicyclic) bond motifs is 2. The average molecular weight is 464 g/mol. The highest BCUT2D eigenvalue weighted by Crippen LogP contribution is 2.32. The number of rotatable bonds is 5. The Bertz CT molecular complexity index is 1680. The number of imidazole rings is 1. The first kappa shape index (κ1) is 21.1. The van der Waals surface area contributed by atoms with Crippen LogP contribution in [-0.2, 0) is 6.54 Å². The van der Waals surface area contributed by atoms with E-state index in [1.165, 1.54) is 12.1 Å². The number of nitrogens with zero attached hydrogens (tertiary/aromatic N) is 5. The highest BCUT2D eigenvalue weighted by molar-refractivity contribution is 5.97. The molecular weight excluding hydrogens is 441 g/mol. The number of aromatic amines is 2. The van der Waals surface area contributed by atoms with Gasteiger partial charge in [0.2, 0.25) is 0 Å². The Hall–Kier alpha value is -4.43. The molecule has 0 atom stereocenters. The van der Waals surface area contributed by atoms with E-state index in [2.05, 4.69) is 48.2 Å². The van der Waals surface area contributed by atoms with Gasteiger partial charge in [-0.25, -0.2) is 9.37 Å². The van der Waals surface area contributed by atoms with E-state index in [-0.39, 0.29) is 5.82 Å². The summed E-state index contributed by atoms with van der Waals surface area (Å²) < 4.78 is 13.8. The highest BCUT2D eigenvalue weighted by atomic mass is 19.1. The third-order valence-corrected chi connectivity index (χ3v) is 5.91. The summed E-state index contributed by atoms with van der Waals surface area (Å²) in [6, 6.07) is 16.6. The lowest BCUT2D eigenvalue weighted by Gasteiger charge is -2.10. The number of nitrogens with one attached hydrogen (secondary N) is 2. The average Bonchev–Trinajstić information content (AvgIpc) is 3.47. The molecule has 0 bridgehead atoms. The maximum absolute atomic E-state index is 13.8. The van der Waals surface area contributed by atoms with Crippen LogP contribution in [0.25, 0.3) is 55.8 Å². The molecule has 0 aliphatic heterocycles. The molecule has 2 aromatic carbocycles. The number of H-pyrrole nitrogens is 2. The van der Waals surface area contributed by atoms with E-state index in [1.807, 2.05) is 44.7 Å². The van der Waals surface area contributed by atoms with Crippen molar-refractivity contribution in [1.82, 2.24) is 35.0 Å². The first-order valence-electron chi connectivity index (χ1n) is 11.2. The van der Waals surface area contributed by atoms with Crippen LogP contribution in [0.4, 0.5) is 4.39 Å². The first-order chi connectivity index (χ1) is 17.0. The van der Waals surface area contributed by atoms with Gasteiger partial charge in [-0.15, -0.1) is 0 Å². The molecule has 0 spiro atoms. The second-order valence-electron chi connectivity index (χ2n) is 8.80. The van der Waals surface area contributed by atoms with Gasteiger partial charge >= 0.3 is 0 Å².